The van der Waals surface area contributed by atoms with Gasteiger partial charge in [0.05, 0.1) is 0 Å². The van der Waals surface area contributed by atoms with Crippen molar-refractivity contribution in [1.29, 1.82) is 0 Å². The van der Waals surface area contributed by atoms with Crippen molar-refractivity contribution in [3.8, 4) is 0 Å². The highest BCUT2D eigenvalue weighted by Crippen LogP contribution is 2.42. The van der Waals surface area contributed by atoms with Gasteiger partial charge in [-0.1, -0.05) is 44.0 Å². The monoisotopic (exact) mass is 342 g/mol. The van der Waals surface area contributed by atoms with Crippen molar-refractivity contribution in [1.82, 2.24) is 5.32 Å². The van der Waals surface area contributed by atoms with Gasteiger partial charge in [0.1, 0.15) is 6.04 Å². The highest BCUT2D eigenvalue weighted by molar-refractivity contribution is 5.89. The molecule has 0 amide bonds. The third kappa shape index (κ3) is 3.90. The second kappa shape index (κ2) is 8.05. The number of fused-ring (bicyclic) bond motifs is 1. The van der Waals surface area contributed by atoms with Crippen LogP contribution in [0.4, 0.5) is 5.69 Å². The van der Waals surface area contributed by atoms with Crippen LogP contribution in [0, 0.1) is 5.92 Å². The van der Waals surface area contributed by atoms with Gasteiger partial charge in [-0.2, -0.15) is 0 Å². The van der Waals surface area contributed by atoms with Gasteiger partial charge in [0.2, 0.25) is 0 Å². The molecule has 0 aromatic heterocycles. The van der Waals surface area contributed by atoms with Gasteiger partial charge < -0.3 is 15.7 Å². The summed E-state index contributed by atoms with van der Waals surface area (Å²) in [6.45, 7) is 6.31. The zero-order chi connectivity index (χ0) is 17.8. The quantitative estimate of drug-likeness (QED) is 0.723. The van der Waals surface area contributed by atoms with Crippen LogP contribution in [0.25, 0.3) is 6.08 Å². The minimum atomic E-state index is -0.804. The predicted octanol–water partition coefficient (Wildman–Crippen LogP) is 4.24. The lowest BCUT2D eigenvalue weighted by Crippen LogP contribution is -2.34. The number of hydrogen-bond donors (Lipinski definition) is 3. The van der Waals surface area contributed by atoms with E-state index in [1.54, 1.807) is 0 Å². The van der Waals surface area contributed by atoms with E-state index < -0.39 is 12.0 Å². The standard InChI is InChI=1S/C21H30N2O2/c1-3-4-7-17(15-9-11-22-12-10-15)18-8-5-6-16-13-14(2)19(21(24)25)23-20(16)18/h5-6,8,13,15,17,19,22-23H,3-4,7,9-12H2,1-2H3,(H,24,25). The fourth-order valence-electron chi connectivity index (χ4n) is 4.34. The Hall–Kier alpha value is -1.81. The smallest absolute Gasteiger partial charge is 0.330 e. The third-order valence-corrected chi connectivity index (χ3v) is 5.72. The molecule has 4 heteroatoms. The maximum absolute atomic E-state index is 11.6. The number of aliphatic carboxylic acids is 1. The number of unbranched alkanes of at least 4 members (excludes halogenated alkanes) is 1. The number of piperidine rings is 1. The van der Waals surface area contributed by atoms with Crippen LogP contribution in [0.1, 0.15) is 63.0 Å². The fraction of sp³-hybridized carbons (Fsp3) is 0.571. The number of hydrogen-bond acceptors (Lipinski definition) is 3. The van der Waals surface area contributed by atoms with E-state index in [0.29, 0.717) is 11.8 Å². The lowest BCUT2D eigenvalue weighted by Gasteiger charge is -2.34. The van der Waals surface area contributed by atoms with E-state index in [1.165, 1.54) is 37.7 Å². The zero-order valence-electron chi connectivity index (χ0n) is 15.3. The molecule has 25 heavy (non-hydrogen) atoms. The van der Waals surface area contributed by atoms with E-state index in [1.807, 2.05) is 13.0 Å². The Kier molecular flexibility index (Phi) is 5.79. The minimum absolute atomic E-state index is 0.505. The first-order valence-electron chi connectivity index (χ1n) is 9.63. The average molecular weight is 342 g/mol. The lowest BCUT2D eigenvalue weighted by atomic mass is 9.76. The van der Waals surface area contributed by atoms with Gasteiger partial charge in [-0.15, -0.1) is 0 Å². The molecule has 1 aromatic rings. The van der Waals surface area contributed by atoms with Crippen molar-refractivity contribution in [3.05, 3.63) is 34.9 Å². The van der Waals surface area contributed by atoms with Crippen molar-refractivity contribution < 1.29 is 9.90 Å². The van der Waals surface area contributed by atoms with Crippen LogP contribution in [0.3, 0.4) is 0 Å². The number of carboxylic acid groups (broad SMARTS) is 1. The van der Waals surface area contributed by atoms with E-state index in [2.05, 4.69) is 35.8 Å². The Bertz CT molecular complexity index is 647. The predicted molar refractivity (Wildman–Crippen MR) is 103 cm³/mol. The van der Waals surface area contributed by atoms with Crippen molar-refractivity contribution >= 4 is 17.7 Å². The van der Waals surface area contributed by atoms with Gasteiger partial charge >= 0.3 is 5.97 Å². The zero-order valence-corrected chi connectivity index (χ0v) is 15.3. The molecule has 3 N–H and O–H groups in total. The van der Waals surface area contributed by atoms with Gasteiger partial charge in [-0.05, 0) is 67.8 Å². The van der Waals surface area contributed by atoms with Crippen molar-refractivity contribution in [2.75, 3.05) is 18.4 Å². The van der Waals surface area contributed by atoms with Gasteiger partial charge in [-0.25, -0.2) is 4.79 Å². The second-order valence-corrected chi connectivity index (χ2v) is 7.45. The highest BCUT2D eigenvalue weighted by Gasteiger charge is 2.30. The summed E-state index contributed by atoms with van der Waals surface area (Å²) in [5.41, 5.74) is 4.35. The molecule has 2 aliphatic heterocycles. The van der Waals surface area contributed by atoms with Crippen LogP contribution in [0.5, 0.6) is 0 Å². The molecule has 2 aliphatic rings. The first-order chi connectivity index (χ1) is 12.1. The summed E-state index contributed by atoms with van der Waals surface area (Å²) in [4.78, 5) is 11.6. The Morgan fingerprint density at radius 2 is 2.08 bits per heavy atom. The van der Waals surface area contributed by atoms with E-state index in [0.717, 1.165) is 29.9 Å². The summed E-state index contributed by atoms with van der Waals surface area (Å²) >= 11 is 0. The molecule has 2 heterocycles. The summed E-state index contributed by atoms with van der Waals surface area (Å²) < 4.78 is 0. The lowest BCUT2D eigenvalue weighted by molar-refractivity contribution is -0.137. The average Bonchev–Trinajstić information content (AvgIpc) is 2.62. The maximum atomic E-state index is 11.6. The number of carboxylic acids is 1. The molecule has 4 nitrogen and oxygen atoms in total. The molecule has 0 radical (unpaired) electrons. The van der Waals surface area contributed by atoms with Crippen molar-refractivity contribution in [2.24, 2.45) is 5.92 Å². The normalized spacial score (nSPS) is 21.8. The van der Waals surface area contributed by atoms with Crippen molar-refractivity contribution in [2.45, 2.75) is 57.9 Å². The molecule has 2 atom stereocenters. The Morgan fingerprint density at radius 3 is 2.76 bits per heavy atom. The molecule has 1 fully saturated rings. The SMILES string of the molecule is CCCCC(c1cccc2c1NC(C(=O)O)C(C)=C2)C1CCNCC1. The molecule has 0 saturated carbocycles. The molecular formula is C21H30N2O2. The van der Waals surface area contributed by atoms with Crippen molar-refractivity contribution in [3.63, 3.8) is 0 Å². The molecular weight excluding hydrogens is 312 g/mol. The second-order valence-electron chi connectivity index (χ2n) is 7.45. The number of nitrogens with one attached hydrogen (secondary N) is 2. The molecule has 0 spiro atoms. The van der Waals surface area contributed by atoms with Crippen LogP contribution < -0.4 is 10.6 Å². The third-order valence-electron chi connectivity index (χ3n) is 5.72. The fourth-order valence-corrected chi connectivity index (χ4v) is 4.34. The molecule has 136 valence electrons. The first-order valence-corrected chi connectivity index (χ1v) is 9.63. The summed E-state index contributed by atoms with van der Waals surface area (Å²) in [5.74, 6) is 0.378. The Balaban J connectivity index is 1.97. The Morgan fingerprint density at radius 1 is 1.32 bits per heavy atom. The molecule has 1 aromatic carbocycles. The summed E-state index contributed by atoms with van der Waals surface area (Å²) in [6.07, 6.45) is 8.04. The van der Waals surface area contributed by atoms with Crippen LogP contribution in [-0.2, 0) is 4.79 Å². The molecule has 2 unspecified atom stereocenters. The molecule has 0 bridgehead atoms. The van der Waals surface area contributed by atoms with Crippen LogP contribution in [0.15, 0.2) is 23.8 Å². The first kappa shape index (κ1) is 18.0. The molecule has 1 saturated heterocycles. The van der Waals surface area contributed by atoms with Crippen LogP contribution >= 0.6 is 0 Å². The van der Waals surface area contributed by atoms with Gasteiger partial charge in [-0.3, -0.25) is 0 Å². The van der Waals surface area contributed by atoms with Gasteiger partial charge in [0.15, 0.2) is 0 Å². The topological polar surface area (TPSA) is 61.4 Å². The number of carbonyl (C=O) groups is 1. The summed E-state index contributed by atoms with van der Waals surface area (Å²) in [6, 6.07) is 5.81. The maximum Gasteiger partial charge on any atom is 0.330 e. The van der Waals surface area contributed by atoms with Crippen LogP contribution in [0.2, 0.25) is 0 Å². The number of anilines is 1. The van der Waals surface area contributed by atoms with E-state index in [-0.39, 0.29) is 0 Å². The van der Waals surface area contributed by atoms with E-state index in [9.17, 15) is 9.90 Å². The Labute approximate surface area is 150 Å². The van der Waals surface area contributed by atoms with E-state index >= 15 is 0 Å². The number of rotatable bonds is 6. The summed E-state index contributed by atoms with van der Waals surface area (Å²) in [5, 5.41) is 16.3. The van der Waals surface area contributed by atoms with Crippen LogP contribution in [-0.4, -0.2) is 30.2 Å². The number of benzene rings is 1. The minimum Gasteiger partial charge on any atom is -0.479 e. The van der Waals surface area contributed by atoms with Gasteiger partial charge in [0.25, 0.3) is 0 Å². The molecule has 3 rings (SSSR count). The highest BCUT2D eigenvalue weighted by atomic mass is 16.4. The molecule has 0 aliphatic carbocycles. The van der Waals surface area contributed by atoms with E-state index in [4.69, 9.17) is 0 Å². The van der Waals surface area contributed by atoms with Gasteiger partial charge in [0, 0.05) is 5.69 Å². The summed E-state index contributed by atoms with van der Waals surface area (Å²) in [7, 11) is 0. The number of para-hydroxylation sites is 1. The largest absolute Gasteiger partial charge is 0.479 e.